The number of nitrogens with zero attached hydrogens (tertiary/aromatic N) is 4. The van der Waals surface area contributed by atoms with Gasteiger partial charge in [-0.05, 0) is 36.1 Å². The van der Waals surface area contributed by atoms with Crippen molar-refractivity contribution < 1.29 is 9.59 Å². The molecule has 0 radical (unpaired) electrons. The Morgan fingerprint density at radius 1 is 1.19 bits per heavy atom. The van der Waals surface area contributed by atoms with Gasteiger partial charge in [0.2, 0.25) is 5.91 Å². The first-order valence-corrected chi connectivity index (χ1v) is 11.8. The third-order valence-electron chi connectivity index (χ3n) is 5.78. The van der Waals surface area contributed by atoms with Crippen LogP contribution >= 0.6 is 11.8 Å². The van der Waals surface area contributed by atoms with E-state index in [-0.39, 0.29) is 23.0 Å². The highest BCUT2D eigenvalue weighted by atomic mass is 32.2. The molecule has 2 aromatic rings. The Balaban J connectivity index is 1.58. The minimum atomic E-state index is -0.425. The number of thioether (sulfide) groups is 1. The lowest BCUT2D eigenvalue weighted by atomic mass is 10.00. The number of aliphatic imine (C=N–C) groups is 2. The summed E-state index contributed by atoms with van der Waals surface area (Å²) < 4.78 is 0. The molecule has 3 atom stereocenters. The molecule has 8 heteroatoms. The van der Waals surface area contributed by atoms with Crippen LogP contribution in [0, 0.1) is 5.92 Å². The van der Waals surface area contributed by atoms with Crippen LogP contribution in [0.2, 0.25) is 0 Å². The van der Waals surface area contributed by atoms with Crippen LogP contribution < -0.4 is 5.32 Å². The van der Waals surface area contributed by atoms with Crippen molar-refractivity contribution in [2.24, 2.45) is 15.9 Å². The highest BCUT2D eigenvalue weighted by Gasteiger charge is 2.43. The summed E-state index contributed by atoms with van der Waals surface area (Å²) in [7, 11) is 0. The topological polar surface area (TPSA) is 87.0 Å². The number of carbonyl (C=O) groups is 2. The molecule has 0 bridgehead atoms. The molecule has 0 fully saturated rings. The average molecular weight is 450 g/mol. The Bertz CT molecular complexity index is 1070. The fourth-order valence-corrected chi connectivity index (χ4v) is 4.74. The summed E-state index contributed by atoms with van der Waals surface area (Å²) in [6.07, 6.45) is 4.90. The van der Waals surface area contributed by atoms with Gasteiger partial charge in [-0.25, -0.2) is 9.89 Å². The molecule has 32 heavy (non-hydrogen) atoms. The van der Waals surface area contributed by atoms with Gasteiger partial charge in [-0.1, -0.05) is 57.2 Å². The fourth-order valence-electron chi connectivity index (χ4n) is 3.70. The van der Waals surface area contributed by atoms with E-state index in [1.54, 1.807) is 17.3 Å². The number of amides is 2. The van der Waals surface area contributed by atoms with E-state index >= 15 is 0 Å². The van der Waals surface area contributed by atoms with Crippen molar-refractivity contribution in [2.45, 2.75) is 51.4 Å². The molecule has 1 aromatic heterocycles. The molecular weight excluding hydrogens is 422 g/mol. The number of carbonyl (C=O) groups excluding carboxylic acids is 2. The van der Waals surface area contributed by atoms with Gasteiger partial charge < -0.3 is 5.32 Å². The van der Waals surface area contributed by atoms with E-state index in [4.69, 9.17) is 9.98 Å². The van der Waals surface area contributed by atoms with Crippen LogP contribution in [-0.4, -0.2) is 44.0 Å². The van der Waals surface area contributed by atoms with Crippen molar-refractivity contribution in [1.82, 2.24) is 15.2 Å². The minimum Gasteiger partial charge on any atom is -0.351 e. The van der Waals surface area contributed by atoms with Crippen molar-refractivity contribution in [3.8, 4) is 0 Å². The van der Waals surface area contributed by atoms with Gasteiger partial charge in [0.25, 0.3) is 5.91 Å². The normalized spacial score (nSPS) is 18.9. The van der Waals surface area contributed by atoms with Crippen LogP contribution in [0.25, 0.3) is 0 Å². The summed E-state index contributed by atoms with van der Waals surface area (Å²) in [5.41, 5.74) is 2.56. The third kappa shape index (κ3) is 4.32. The first-order valence-electron chi connectivity index (χ1n) is 11.0. The number of aromatic nitrogens is 1. The molecular formula is C24H27N5O2S. The lowest BCUT2D eigenvalue weighted by molar-refractivity contribution is -0.125. The number of rotatable bonds is 7. The first-order chi connectivity index (χ1) is 15.5. The standard InChI is InChI=1S/C24H27N5O2S/c1-4-15(3)20-23(31)29-21(28-20)17-10-6-7-11-18(17)27-24(29)32-19(5-2)22(30)26-14-16-9-8-12-25-13-16/h6-13,15,19-20H,4-5,14H2,1-3H3,(H,26,30)/t15-,19-,20-/m0/s1. The number of hydrogen-bond donors (Lipinski definition) is 1. The van der Waals surface area contributed by atoms with Gasteiger partial charge in [0.1, 0.15) is 11.9 Å². The van der Waals surface area contributed by atoms with E-state index in [0.717, 1.165) is 23.2 Å². The van der Waals surface area contributed by atoms with Crippen LogP contribution in [0.15, 0.2) is 58.8 Å². The second kappa shape index (κ2) is 9.65. The number of amidine groups is 2. The molecule has 0 aliphatic carbocycles. The van der Waals surface area contributed by atoms with Crippen LogP contribution in [0.3, 0.4) is 0 Å². The smallest absolute Gasteiger partial charge is 0.259 e. The molecule has 0 spiro atoms. The van der Waals surface area contributed by atoms with Gasteiger partial charge in [0, 0.05) is 24.5 Å². The Hall–Kier alpha value is -3.00. The van der Waals surface area contributed by atoms with Crippen LogP contribution in [0.5, 0.6) is 0 Å². The molecule has 0 saturated heterocycles. The number of pyridine rings is 1. The molecule has 0 unspecified atom stereocenters. The average Bonchev–Trinajstić information content (AvgIpc) is 3.18. The van der Waals surface area contributed by atoms with Crippen molar-refractivity contribution >= 4 is 40.3 Å². The number of fused-ring (bicyclic) bond motifs is 3. The summed E-state index contributed by atoms with van der Waals surface area (Å²) >= 11 is 1.32. The fraction of sp³-hybridized carbons (Fsp3) is 0.375. The van der Waals surface area contributed by atoms with Crippen LogP contribution in [0.1, 0.15) is 44.7 Å². The van der Waals surface area contributed by atoms with E-state index in [1.807, 2.05) is 50.2 Å². The molecule has 2 aliphatic rings. The lowest BCUT2D eigenvalue weighted by Crippen LogP contribution is -2.44. The zero-order valence-corrected chi connectivity index (χ0v) is 19.3. The van der Waals surface area contributed by atoms with E-state index < -0.39 is 6.04 Å². The Morgan fingerprint density at radius 3 is 2.72 bits per heavy atom. The summed E-state index contributed by atoms with van der Waals surface area (Å²) in [5.74, 6) is 0.607. The first kappa shape index (κ1) is 22.2. The maximum atomic E-state index is 13.3. The summed E-state index contributed by atoms with van der Waals surface area (Å²) in [6, 6.07) is 11.0. The molecule has 166 valence electrons. The highest BCUT2D eigenvalue weighted by Crippen LogP contribution is 2.36. The lowest BCUT2D eigenvalue weighted by Gasteiger charge is -2.27. The zero-order chi connectivity index (χ0) is 22.7. The van der Waals surface area contributed by atoms with Crippen molar-refractivity contribution in [3.63, 3.8) is 0 Å². The van der Waals surface area contributed by atoms with Crippen LogP contribution in [0.4, 0.5) is 5.69 Å². The largest absolute Gasteiger partial charge is 0.351 e. The summed E-state index contributed by atoms with van der Waals surface area (Å²) in [6.45, 7) is 6.47. The van der Waals surface area contributed by atoms with Crippen LogP contribution in [-0.2, 0) is 16.1 Å². The van der Waals surface area contributed by atoms with Gasteiger partial charge in [-0.2, -0.15) is 0 Å². The zero-order valence-electron chi connectivity index (χ0n) is 18.5. The van der Waals surface area contributed by atoms with Crippen molar-refractivity contribution in [1.29, 1.82) is 0 Å². The Morgan fingerprint density at radius 2 is 2.00 bits per heavy atom. The SMILES string of the molecule is CC[C@H](SC1=Nc2ccccc2C2=N[C@@H]([C@@H](C)CC)C(=O)N12)C(=O)NCc1cccnc1. The molecule has 4 rings (SSSR count). The number of para-hydroxylation sites is 1. The Labute approximate surface area is 192 Å². The van der Waals surface area contributed by atoms with Gasteiger partial charge >= 0.3 is 0 Å². The second-order valence-electron chi connectivity index (χ2n) is 7.96. The molecule has 1 N–H and O–H groups in total. The molecule has 0 saturated carbocycles. The molecule has 2 amide bonds. The summed E-state index contributed by atoms with van der Waals surface area (Å²) in [4.78, 5) is 41.5. The number of nitrogens with one attached hydrogen (secondary N) is 1. The molecule has 1 aromatic carbocycles. The molecule has 3 heterocycles. The quantitative estimate of drug-likeness (QED) is 0.694. The minimum absolute atomic E-state index is 0.0688. The van der Waals surface area contributed by atoms with Gasteiger partial charge in [0.05, 0.1) is 10.9 Å². The predicted octanol–water partition coefficient (Wildman–Crippen LogP) is 3.91. The monoisotopic (exact) mass is 449 g/mol. The third-order valence-corrected chi connectivity index (χ3v) is 7.10. The van der Waals surface area contributed by atoms with Gasteiger partial charge in [-0.3, -0.25) is 19.6 Å². The number of hydrogen-bond acceptors (Lipinski definition) is 6. The maximum absolute atomic E-state index is 13.3. The van der Waals surface area contributed by atoms with E-state index in [0.29, 0.717) is 24.0 Å². The summed E-state index contributed by atoms with van der Waals surface area (Å²) in [5, 5.41) is 3.11. The van der Waals surface area contributed by atoms with Gasteiger partial charge in [-0.15, -0.1) is 0 Å². The van der Waals surface area contributed by atoms with E-state index in [1.165, 1.54) is 11.8 Å². The van der Waals surface area contributed by atoms with Gasteiger partial charge in [0.15, 0.2) is 5.17 Å². The highest BCUT2D eigenvalue weighted by molar-refractivity contribution is 8.15. The molecule has 2 aliphatic heterocycles. The maximum Gasteiger partial charge on any atom is 0.259 e. The van der Waals surface area contributed by atoms with Crippen molar-refractivity contribution in [3.05, 3.63) is 59.9 Å². The van der Waals surface area contributed by atoms with E-state index in [9.17, 15) is 9.59 Å². The van der Waals surface area contributed by atoms with Crippen molar-refractivity contribution in [2.75, 3.05) is 0 Å². The number of benzene rings is 1. The Kier molecular flexibility index (Phi) is 6.69. The molecule has 7 nitrogen and oxygen atoms in total. The second-order valence-corrected chi connectivity index (χ2v) is 9.13. The van der Waals surface area contributed by atoms with E-state index in [2.05, 4.69) is 17.2 Å². The predicted molar refractivity (Wildman–Crippen MR) is 128 cm³/mol.